The fraction of sp³-hybridized carbons (Fsp3) is 0.308. The van der Waals surface area contributed by atoms with Crippen molar-refractivity contribution in [2.75, 3.05) is 19.8 Å². The molecule has 0 aliphatic carbocycles. The quantitative estimate of drug-likeness (QED) is 0.791. The molecule has 20 heavy (non-hydrogen) atoms. The predicted molar refractivity (Wildman–Crippen MR) is 83.6 cm³/mol. The molecule has 5 nitrogen and oxygen atoms in total. The molecule has 0 radical (unpaired) electrons. The third kappa shape index (κ3) is 3.40. The van der Waals surface area contributed by atoms with Gasteiger partial charge < -0.3 is 9.47 Å². The van der Waals surface area contributed by atoms with Gasteiger partial charge in [0.05, 0.1) is 5.75 Å². The monoisotopic (exact) mass is 354 g/mol. The van der Waals surface area contributed by atoms with Crippen LogP contribution in [0, 0.1) is 0 Å². The highest BCUT2D eigenvalue weighted by Gasteiger charge is 2.13. The molecule has 0 saturated carbocycles. The van der Waals surface area contributed by atoms with Crippen molar-refractivity contribution in [1.29, 1.82) is 0 Å². The summed E-state index contributed by atoms with van der Waals surface area (Å²) in [7, 11) is 5.39. The molecule has 0 aliphatic rings. The van der Waals surface area contributed by atoms with Crippen LogP contribution in [0.3, 0.4) is 0 Å². The Kier molecular flexibility index (Phi) is 4.82. The number of aromatic nitrogens is 3. The number of rotatable bonds is 4. The van der Waals surface area contributed by atoms with Crippen LogP contribution < -0.4 is 0 Å². The minimum Gasteiger partial charge on any atom is -0.348 e. The van der Waals surface area contributed by atoms with E-state index in [2.05, 4.69) is 26.1 Å². The van der Waals surface area contributed by atoms with Crippen molar-refractivity contribution in [3.63, 3.8) is 0 Å². The maximum atomic E-state index is 11.6. The molecule has 0 spiro atoms. The van der Waals surface area contributed by atoms with Gasteiger partial charge in [0.2, 0.25) is 5.91 Å². The largest absolute Gasteiger partial charge is 0.348 e. The van der Waals surface area contributed by atoms with E-state index >= 15 is 0 Å². The fourth-order valence-corrected chi connectivity index (χ4v) is 2.70. The molecular weight excluding hydrogens is 340 g/mol. The molecule has 2 aromatic rings. The standard InChI is InChI=1S/C13H15BrN4OS/c1-17(2)11(19)8-20-13-16-15-12(18(13)3)9-4-6-10(14)7-5-9/h4-7H,8H2,1-3H3. The van der Waals surface area contributed by atoms with E-state index < -0.39 is 0 Å². The number of benzene rings is 1. The lowest BCUT2D eigenvalue weighted by atomic mass is 10.2. The molecule has 1 amide bonds. The van der Waals surface area contributed by atoms with Crippen LogP contribution in [0.25, 0.3) is 11.4 Å². The minimum atomic E-state index is 0.0585. The molecule has 106 valence electrons. The average Bonchev–Trinajstić information content (AvgIpc) is 2.78. The van der Waals surface area contributed by atoms with Crippen molar-refractivity contribution in [1.82, 2.24) is 19.7 Å². The van der Waals surface area contributed by atoms with Crippen LogP contribution in [0.5, 0.6) is 0 Å². The summed E-state index contributed by atoms with van der Waals surface area (Å²) in [5, 5.41) is 9.06. The molecule has 1 heterocycles. The first-order chi connectivity index (χ1) is 9.49. The second-order valence-corrected chi connectivity index (χ2v) is 6.31. The van der Waals surface area contributed by atoms with Gasteiger partial charge >= 0.3 is 0 Å². The van der Waals surface area contributed by atoms with Crippen molar-refractivity contribution in [2.24, 2.45) is 7.05 Å². The number of hydrogen-bond acceptors (Lipinski definition) is 4. The first-order valence-electron chi connectivity index (χ1n) is 5.97. The van der Waals surface area contributed by atoms with Gasteiger partial charge in [-0.05, 0) is 12.1 Å². The maximum absolute atomic E-state index is 11.6. The number of thioether (sulfide) groups is 1. The van der Waals surface area contributed by atoms with Crippen LogP contribution in [-0.2, 0) is 11.8 Å². The van der Waals surface area contributed by atoms with Crippen LogP contribution in [0.15, 0.2) is 33.9 Å². The van der Waals surface area contributed by atoms with Gasteiger partial charge in [0.1, 0.15) is 0 Å². The van der Waals surface area contributed by atoms with Gasteiger partial charge in [-0.3, -0.25) is 4.79 Å². The molecule has 0 unspecified atom stereocenters. The van der Waals surface area contributed by atoms with E-state index in [1.54, 1.807) is 19.0 Å². The lowest BCUT2D eigenvalue weighted by molar-refractivity contribution is -0.125. The van der Waals surface area contributed by atoms with Crippen LogP contribution in [-0.4, -0.2) is 45.4 Å². The molecule has 7 heteroatoms. The Bertz CT molecular complexity index is 609. The summed E-state index contributed by atoms with van der Waals surface area (Å²) in [6.45, 7) is 0. The smallest absolute Gasteiger partial charge is 0.232 e. The molecule has 1 aromatic heterocycles. The lowest BCUT2D eigenvalue weighted by Gasteiger charge is -2.09. The van der Waals surface area contributed by atoms with Gasteiger partial charge in [-0.2, -0.15) is 0 Å². The molecule has 0 atom stereocenters. The van der Waals surface area contributed by atoms with Crippen LogP contribution in [0.4, 0.5) is 0 Å². The summed E-state index contributed by atoms with van der Waals surface area (Å²) in [5.41, 5.74) is 0.994. The first-order valence-corrected chi connectivity index (χ1v) is 7.75. The normalized spacial score (nSPS) is 10.6. The van der Waals surface area contributed by atoms with Gasteiger partial charge in [0.25, 0.3) is 0 Å². The zero-order chi connectivity index (χ0) is 14.7. The number of carbonyl (C=O) groups excluding carboxylic acids is 1. The van der Waals surface area contributed by atoms with E-state index in [9.17, 15) is 4.79 Å². The Morgan fingerprint density at radius 3 is 2.55 bits per heavy atom. The summed E-state index contributed by atoms with van der Waals surface area (Å²) < 4.78 is 2.92. The Balaban J connectivity index is 2.15. The second kappa shape index (κ2) is 6.41. The van der Waals surface area contributed by atoms with Crippen LogP contribution >= 0.6 is 27.7 Å². The number of hydrogen-bond donors (Lipinski definition) is 0. The first kappa shape index (κ1) is 15.1. The zero-order valence-electron chi connectivity index (χ0n) is 11.5. The molecule has 1 aromatic carbocycles. The Hall–Kier alpha value is -1.34. The van der Waals surface area contributed by atoms with Crippen molar-refractivity contribution < 1.29 is 4.79 Å². The van der Waals surface area contributed by atoms with E-state index in [0.717, 1.165) is 21.0 Å². The van der Waals surface area contributed by atoms with E-state index in [1.165, 1.54) is 11.8 Å². The highest BCUT2D eigenvalue weighted by molar-refractivity contribution is 9.10. The summed E-state index contributed by atoms with van der Waals surface area (Å²) in [4.78, 5) is 13.2. The van der Waals surface area contributed by atoms with Gasteiger partial charge in [0.15, 0.2) is 11.0 Å². The highest BCUT2D eigenvalue weighted by atomic mass is 79.9. The summed E-state index contributed by atoms with van der Waals surface area (Å²) in [6.07, 6.45) is 0. The Labute approximate surface area is 130 Å². The Morgan fingerprint density at radius 1 is 1.30 bits per heavy atom. The van der Waals surface area contributed by atoms with Gasteiger partial charge in [-0.15, -0.1) is 10.2 Å². The van der Waals surface area contributed by atoms with E-state index in [4.69, 9.17) is 0 Å². The fourth-order valence-electron chi connectivity index (χ4n) is 1.55. The van der Waals surface area contributed by atoms with Crippen molar-refractivity contribution in [3.05, 3.63) is 28.7 Å². The molecule has 0 aliphatic heterocycles. The second-order valence-electron chi connectivity index (χ2n) is 4.45. The average molecular weight is 355 g/mol. The van der Waals surface area contributed by atoms with E-state index in [0.29, 0.717) is 5.75 Å². The summed E-state index contributed by atoms with van der Waals surface area (Å²) in [5.74, 6) is 1.21. The van der Waals surface area contributed by atoms with Gasteiger partial charge in [-0.1, -0.05) is 39.8 Å². The van der Waals surface area contributed by atoms with Crippen LogP contribution in [0.1, 0.15) is 0 Å². The Morgan fingerprint density at radius 2 is 1.95 bits per heavy atom. The number of halogens is 1. The molecule has 0 saturated heterocycles. The predicted octanol–water partition coefficient (Wildman–Crippen LogP) is 2.42. The number of nitrogens with zero attached hydrogens (tertiary/aromatic N) is 4. The molecule has 0 N–H and O–H groups in total. The topological polar surface area (TPSA) is 51.0 Å². The minimum absolute atomic E-state index is 0.0585. The van der Waals surface area contributed by atoms with Gasteiger partial charge in [0, 0.05) is 31.2 Å². The molecule has 0 fully saturated rings. The van der Waals surface area contributed by atoms with Crippen molar-refractivity contribution in [3.8, 4) is 11.4 Å². The SMILES string of the molecule is CN(C)C(=O)CSc1nnc(-c2ccc(Br)cc2)n1C. The zero-order valence-corrected chi connectivity index (χ0v) is 13.9. The van der Waals surface area contributed by atoms with Crippen molar-refractivity contribution >= 4 is 33.6 Å². The summed E-state index contributed by atoms with van der Waals surface area (Å²) in [6, 6.07) is 7.89. The van der Waals surface area contributed by atoms with Crippen LogP contribution in [0.2, 0.25) is 0 Å². The lowest BCUT2D eigenvalue weighted by Crippen LogP contribution is -2.23. The third-order valence-corrected chi connectivity index (χ3v) is 4.29. The number of carbonyl (C=O) groups is 1. The third-order valence-electron chi connectivity index (χ3n) is 2.76. The van der Waals surface area contributed by atoms with E-state index in [-0.39, 0.29) is 5.91 Å². The van der Waals surface area contributed by atoms with Crippen molar-refractivity contribution in [2.45, 2.75) is 5.16 Å². The summed E-state index contributed by atoms with van der Waals surface area (Å²) >= 11 is 4.80. The highest BCUT2D eigenvalue weighted by Crippen LogP contribution is 2.23. The van der Waals surface area contributed by atoms with E-state index in [1.807, 2.05) is 35.9 Å². The molecule has 2 rings (SSSR count). The molecular formula is C13H15BrN4OS. The molecule has 0 bridgehead atoms. The maximum Gasteiger partial charge on any atom is 0.232 e. The van der Waals surface area contributed by atoms with Gasteiger partial charge in [-0.25, -0.2) is 0 Å². The number of amides is 1.